The van der Waals surface area contributed by atoms with Crippen LogP contribution in [0, 0.1) is 0 Å². The molecule has 4 nitrogen and oxygen atoms in total. The Kier molecular flexibility index (Phi) is 5.82. The van der Waals surface area contributed by atoms with Crippen LogP contribution in [0.25, 0.3) is 0 Å². The first kappa shape index (κ1) is 19.4. The van der Waals surface area contributed by atoms with Crippen LogP contribution in [-0.2, 0) is 19.3 Å². The molecule has 0 atom stereocenters. The number of piperazine rings is 1. The Bertz CT molecular complexity index is 782. The zero-order valence-corrected chi connectivity index (χ0v) is 14.9. The molecule has 0 aromatic heterocycles. The molecule has 7 heteroatoms. The first-order chi connectivity index (χ1) is 12.9. The number of alkyl halides is 3. The summed E-state index contributed by atoms with van der Waals surface area (Å²) in [6.07, 6.45) is -4.33. The van der Waals surface area contributed by atoms with Crippen molar-refractivity contribution in [2.45, 2.75) is 19.3 Å². The molecule has 0 saturated carbocycles. The van der Waals surface area contributed by atoms with Crippen LogP contribution in [0.5, 0.6) is 0 Å². The first-order valence-corrected chi connectivity index (χ1v) is 8.83. The van der Waals surface area contributed by atoms with Crippen molar-refractivity contribution in [3.05, 3.63) is 70.8 Å². The monoisotopic (exact) mass is 377 g/mol. The van der Waals surface area contributed by atoms with Crippen molar-refractivity contribution in [3.8, 4) is 0 Å². The molecule has 1 aliphatic rings. The average Bonchev–Trinajstić information content (AvgIpc) is 2.68. The van der Waals surface area contributed by atoms with E-state index in [1.807, 2.05) is 12.1 Å². The standard InChI is InChI=1S/C20H22F3N3O/c21-20(22,23)18-3-1-2-16(12-18)14-25-8-10-26(11-9-25)19(27)17-6-4-15(13-24)5-7-17/h1-7,12H,8-11,13-14,24H2. The zero-order chi connectivity index (χ0) is 19.4. The van der Waals surface area contributed by atoms with Crippen molar-refractivity contribution < 1.29 is 18.0 Å². The molecule has 0 spiro atoms. The van der Waals surface area contributed by atoms with Crippen molar-refractivity contribution >= 4 is 5.91 Å². The minimum atomic E-state index is -4.33. The quantitative estimate of drug-likeness (QED) is 0.891. The minimum absolute atomic E-state index is 0.0303. The second-order valence-electron chi connectivity index (χ2n) is 6.67. The Labute approximate surface area is 156 Å². The summed E-state index contributed by atoms with van der Waals surface area (Å²) in [4.78, 5) is 16.4. The summed E-state index contributed by atoms with van der Waals surface area (Å²) in [6.45, 7) is 3.23. The molecule has 1 aliphatic heterocycles. The predicted octanol–water partition coefficient (Wildman–Crippen LogP) is 3.12. The van der Waals surface area contributed by atoms with Gasteiger partial charge in [0.15, 0.2) is 0 Å². The number of hydrogen-bond acceptors (Lipinski definition) is 3. The first-order valence-electron chi connectivity index (χ1n) is 8.83. The molecule has 3 rings (SSSR count). The fourth-order valence-corrected chi connectivity index (χ4v) is 3.18. The van der Waals surface area contributed by atoms with Gasteiger partial charge in [-0.05, 0) is 29.3 Å². The van der Waals surface area contributed by atoms with Gasteiger partial charge in [0.2, 0.25) is 0 Å². The van der Waals surface area contributed by atoms with Gasteiger partial charge >= 0.3 is 6.18 Å². The van der Waals surface area contributed by atoms with E-state index in [-0.39, 0.29) is 5.91 Å². The molecule has 1 amide bonds. The molecule has 1 heterocycles. The number of nitrogens with two attached hydrogens (primary N) is 1. The van der Waals surface area contributed by atoms with Crippen molar-refractivity contribution in [2.75, 3.05) is 26.2 Å². The second kappa shape index (κ2) is 8.10. The van der Waals surface area contributed by atoms with Gasteiger partial charge in [-0.15, -0.1) is 0 Å². The fourth-order valence-electron chi connectivity index (χ4n) is 3.18. The fraction of sp³-hybridized carbons (Fsp3) is 0.350. The average molecular weight is 377 g/mol. The van der Waals surface area contributed by atoms with Gasteiger partial charge in [-0.2, -0.15) is 13.2 Å². The lowest BCUT2D eigenvalue weighted by Crippen LogP contribution is -2.48. The third-order valence-corrected chi connectivity index (χ3v) is 4.76. The minimum Gasteiger partial charge on any atom is -0.336 e. The Morgan fingerprint density at radius 2 is 1.63 bits per heavy atom. The summed E-state index contributed by atoms with van der Waals surface area (Å²) in [6, 6.07) is 12.6. The summed E-state index contributed by atoms with van der Waals surface area (Å²) in [5.74, 6) is -0.0303. The summed E-state index contributed by atoms with van der Waals surface area (Å²) >= 11 is 0. The summed E-state index contributed by atoms with van der Waals surface area (Å²) in [7, 11) is 0. The van der Waals surface area contributed by atoms with Gasteiger partial charge in [-0.25, -0.2) is 0 Å². The van der Waals surface area contributed by atoms with E-state index in [1.165, 1.54) is 12.1 Å². The number of hydrogen-bond donors (Lipinski definition) is 1. The summed E-state index contributed by atoms with van der Waals surface area (Å²) in [5.41, 5.74) is 7.16. The number of carbonyl (C=O) groups excluding carboxylic acids is 1. The number of rotatable bonds is 4. The van der Waals surface area contributed by atoms with Gasteiger partial charge < -0.3 is 10.6 Å². The van der Waals surface area contributed by atoms with E-state index in [4.69, 9.17) is 5.73 Å². The molecule has 2 N–H and O–H groups in total. The largest absolute Gasteiger partial charge is 0.416 e. The van der Waals surface area contributed by atoms with E-state index < -0.39 is 11.7 Å². The maximum Gasteiger partial charge on any atom is 0.416 e. The molecule has 144 valence electrons. The molecule has 0 aliphatic carbocycles. The third-order valence-electron chi connectivity index (χ3n) is 4.76. The van der Waals surface area contributed by atoms with Crippen LogP contribution in [0.4, 0.5) is 13.2 Å². The van der Waals surface area contributed by atoms with E-state index in [0.717, 1.165) is 11.6 Å². The maximum absolute atomic E-state index is 12.8. The van der Waals surface area contributed by atoms with Crippen molar-refractivity contribution in [1.82, 2.24) is 9.80 Å². The molecule has 0 unspecified atom stereocenters. The van der Waals surface area contributed by atoms with Crippen molar-refractivity contribution in [3.63, 3.8) is 0 Å². The third kappa shape index (κ3) is 4.87. The highest BCUT2D eigenvalue weighted by atomic mass is 19.4. The van der Waals surface area contributed by atoms with Gasteiger partial charge in [0, 0.05) is 44.8 Å². The van der Waals surface area contributed by atoms with Crippen LogP contribution in [0.3, 0.4) is 0 Å². The molecule has 1 fully saturated rings. The van der Waals surface area contributed by atoms with E-state index in [0.29, 0.717) is 50.4 Å². The lowest BCUT2D eigenvalue weighted by atomic mass is 10.1. The number of carbonyl (C=O) groups is 1. The number of amides is 1. The normalized spacial score (nSPS) is 15.8. The summed E-state index contributed by atoms with van der Waals surface area (Å²) < 4.78 is 38.5. The Balaban J connectivity index is 1.56. The molecule has 2 aromatic rings. The lowest BCUT2D eigenvalue weighted by molar-refractivity contribution is -0.137. The van der Waals surface area contributed by atoms with Gasteiger partial charge in [-0.1, -0.05) is 30.3 Å². The van der Waals surface area contributed by atoms with Gasteiger partial charge in [-0.3, -0.25) is 9.69 Å². The molecule has 2 aromatic carbocycles. The van der Waals surface area contributed by atoms with Crippen molar-refractivity contribution in [2.24, 2.45) is 5.73 Å². The van der Waals surface area contributed by atoms with Crippen LogP contribution in [0.2, 0.25) is 0 Å². The molecular weight excluding hydrogens is 355 g/mol. The van der Waals surface area contributed by atoms with Crippen LogP contribution in [-0.4, -0.2) is 41.9 Å². The van der Waals surface area contributed by atoms with E-state index in [1.54, 1.807) is 23.1 Å². The van der Waals surface area contributed by atoms with E-state index >= 15 is 0 Å². The Hall–Kier alpha value is -2.38. The van der Waals surface area contributed by atoms with Gasteiger partial charge in [0.1, 0.15) is 0 Å². The number of halogens is 3. The predicted molar refractivity (Wildman–Crippen MR) is 97.0 cm³/mol. The molecule has 0 radical (unpaired) electrons. The molecule has 27 heavy (non-hydrogen) atoms. The highest BCUT2D eigenvalue weighted by Crippen LogP contribution is 2.29. The van der Waals surface area contributed by atoms with E-state index in [2.05, 4.69) is 4.90 Å². The highest BCUT2D eigenvalue weighted by Gasteiger charge is 2.30. The molecule has 1 saturated heterocycles. The number of benzene rings is 2. The van der Waals surface area contributed by atoms with Crippen LogP contribution in [0.15, 0.2) is 48.5 Å². The summed E-state index contributed by atoms with van der Waals surface area (Å²) in [5, 5.41) is 0. The second-order valence-corrected chi connectivity index (χ2v) is 6.67. The van der Waals surface area contributed by atoms with Crippen LogP contribution in [0.1, 0.15) is 27.0 Å². The topological polar surface area (TPSA) is 49.6 Å². The number of nitrogens with zero attached hydrogens (tertiary/aromatic N) is 2. The highest BCUT2D eigenvalue weighted by molar-refractivity contribution is 5.94. The molecule has 0 bridgehead atoms. The van der Waals surface area contributed by atoms with E-state index in [9.17, 15) is 18.0 Å². The van der Waals surface area contributed by atoms with Gasteiger partial charge in [0.25, 0.3) is 5.91 Å². The Morgan fingerprint density at radius 1 is 0.963 bits per heavy atom. The zero-order valence-electron chi connectivity index (χ0n) is 14.9. The lowest BCUT2D eigenvalue weighted by Gasteiger charge is -2.35. The van der Waals surface area contributed by atoms with Crippen LogP contribution >= 0.6 is 0 Å². The van der Waals surface area contributed by atoms with Crippen molar-refractivity contribution in [1.29, 1.82) is 0 Å². The molecular formula is C20H22F3N3O. The van der Waals surface area contributed by atoms with Gasteiger partial charge in [0.05, 0.1) is 5.56 Å². The SMILES string of the molecule is NCc1ccc(C(=O)N2CCN(Cc3cccc(C(F)(F)F)c3)CC2)cc1. The smallest absolute Gasteiger partial charge is 0.336 e. The van der Waals surface area contributed by atoms with Crippen LogP contribution < -0.4 is 5.73 Å². The maximum atomic E-state index is 12.8. The Morgan fingerprint density at radius 3 is 2.22 bits per heavy atom.